The van der Waals surface area contributed by atoms with E-state index in [4.69, 9.17) is 4.74 Å². The van der Waals surface area contributed by atoms with Crippen LogP contribution in [0.1, 0.15) is 42.5 Å². The number of rotatable bonds is 6. The molecule has 1 atom stereocenters. The molecule has 1 saturated heterocycles. The number of hydrogen-bond donors (Lipinski definition) is 1. The Morgan fingerprint density at radius 2 is 1.89 bits per heavy atom. The van der Waals surface area contributed by atoms with Crippen molar-refractivity contribution in [3.63, 3.8) is 0 Å². The third-order valence-electron chi connectivity index (χ3n) is 5.57. The Morgan fingerprint density at radius 1 is 1.22 bits per heavy atom. The minimum atomic E-state index is -0.167. The second-order valence-corrected chi connectivity index (χ2v) is 7.77. The highest BCUT2D eigenvalue weighted by atomic mass is 16.5. The molecule has 0 unspecified atom stereocenters. The third kappa shape index (κ3) is 4.56. The zero-order chi connectivity index (χ0) is 19.4. The van der Waals surface area contributed by atoms with Crippen LogP contribution in [0.5, 0.6) is 0 Å². The summed E-state index contributed by atoms with van der Waals surface area (Å²) < 4.78 is 7.40. The van der Waals surface area contributed by atoms with Crippen molar-refractivity contribution in [2.45, 2.75) is 52.5 Å². The molecule has 146 valence electrons. The van der Waals surface area contributed by atoms with E-state index in [-0.39, 0.29) is 17.2 Å². The van der Waals surface area contributed by atoms with Gasteiger partial charge in [0.25, 0.3) is 0 Å². The molecular formula is C21H30N4O2. The number of ether oxygens (including phenoxy) is 1. The highest BCUT2D eigenvalue weighted by molar-refractivity contribution is 5.78. The molecule has 0 spiro atoms. The first kappa shape index (κ1) is 19.5. The van der Waals surface area contributed by atoms with Crippen molar-refractivity contribution in [1.82, 2.24) is 20.1 Å². The minimum Gasteiger partial charge on any atom is -0.381 e. The van der Waals surface area contributed by atoms with Crippen LogP contribution >= 0.6 is 0 Å². The van der Waals surface area contributed by atoms with Crippen molar-refractivity contribution < 1.29 is 9.53 Å². The highest BCUT2D eigenvalue weighted by Gasteiger charge is 2.35. The van der Waals surface area contributed by atoms with Crippen LogP contribution in [0.3, 0.4) is 0 Å². The summed E-state index contributed by atoms with van der Waals surface area (Å²) in [7, 11) is 0. The number of nitrogens with one attached hydrogen (secondary N) is 1. The van der Waals surface area contributed by atoms with Gasteiger partial charge in [0.1, 0.15) is 11.6 Å². The van der Waals surface area contributed by atoms with E-state index in [9.17, 15) is 4.79 Å². The lowest BCUT2D eigenvalue weighted by Gasteiger charge is -2.38. The van der Waals surface area contributed by atoms with Gasteiger partial charge in [0.05, 0.1) is 12.5 Å². The van der Waals surface area contributed by atoms with Gasteiger partial charge in [0, 0.05) is 25.2 Å². The minimum absolute atomic E-state index is 0.0545. The smallest absolute Gasteiger partial charge is 0.224 e. The summed E-state index contributed by atoms with van der Waals surface area (Å²) in [6.45, 7) is 10.5. The van der Waals surface area contributed by atoms with Crippen LogP contribution in [0.2, 0.25) is 0 Å². The van der Waals surface area contributed by atoms with E-state index in [2.05, 4.69) is 46.6 Å². The van der Waals surface area contributed by atoms with Gasteiger partial charge in [-0.25, -0.2) is 9.67 Å². The van der Waals surface area contributed by atoms with Crippen LogP contribution in [-0.4, -0.2) is 40.4 Å². The summed E-state index contributed by atoms with van der Waals surface area (Å²) >= 11 is 0. The molecule has 3 rings (SSSR count). The van der Waals surface area contributed by atoms with Crippen LogP contribution < -0.4 is 5.32 Å². The molecule has 1 aliphatic heterocycles. The number of carbonyl (C=O) groups is 1. The summed E-state index contributed by atoms with van der Waals surface area (Å²) in [5.41, 5.74) is 2.48. The van der Waals surface area contributed by atoms with Crippen molar-refractivity contribution in [3.8, 4) is 0 Å². The molecule has 2 aromatic rings. The third-order valence-corrected chi connectivity index (χ3v) is 5.57. The van der Waals surface area contributed by atoms with Crippen LogP contribution in [0.4, 0.5) is 0 Å². The van der Waals surface area contributed by atoms with E-state index in [1.165, 1.54) is 11.1 Å². The number of aromatic nitrogens is 3. The SMILES string of the molecule is Cc1ccc(C2(CNC(=O)[C@@H](C)Cn3nc(C)nc3C)CCOCC2)cc1. The Balaban J connectivity index is 1.66. The molecule has 1 aromatic carbocycles. The van der Waals surface area contributed by atoms with Gasteiger partial charge in [0.2, 0.25) is 5.91 Å². The molecule has 6 heteroatoms. The molecule has 0 aliphatic carbocycles. The maximum Gasteiger partial charge on any atom is 0.224 e. The molecule has 1 aromatic heterocycles. The van der Waals surface area contributed by atoms with Crippen LogP contribution in [0.25, 0.3) is 0 Å². The Kier molecular flexibility index (Phi) is 5.95. The standard InChI is InChI=1S/C21H30N4O2/c1-15-5-7-19(8-6-15)21(9-11-27-12-10-21)14-22-20(26)16(2)13-25-18(4)23-17(3)24-25/h5-8,16H,9-14H2,1-4H3,(H,22,26)/t16-/m0/s1. The van der Waals surface area contributed by atoms with E-state index in [0.717, 1.165) is 37.7 Å². The summed E-state index contributed by atoms with van der Waals surface area (Å²) in [4.78, 5) is 17.0. The van der Waals surface area contributed by atoms with Crippen molar-refractivity contribution in [3.05, 3.63) is 47.0 Å². The monoisotopic (exact) mass is 370 g/mol. The quantitative estimate of drug-likeness (QED) is 0.849. The predicted molar refractivity (Wildman–Crippen MR) is 105 cm³/mol. The number of aryl methyl sites for hydroxylation is 3. The van der Waals surface area contributed by atoms with Gasteiger partial charge in [0.15, 0.2) is 0 Å². The number of hydrogen-bond acceptors (Lipinski definition) is 4. The number of benzene rings is 1. The second-order valence-electron chi connectivity index (χ2n) is 7.77. The zero-order valence-electron chi connectivity index (χ0n) is 16.8. The van der Waals surface area contributed by atoms with E-state index in [1.807, 2.05) is 25.5 Å². The average Bonchev–Trinajstić information content (AvgIpc) is 2.98. The maximum atomic E-state index is 12.7. The summed E-state index contributed by atoms with van der Waals surface area (Å²) in [5.74, 6) is 1.47. The molecule has 0 radical (unpaired) electrons. The van der Waals surface area contributed by atoms with E-state index in [0.29, 0.717) is 13.1 Å². The second kappa shape index (κ2) is 8.21. The molecule has 1 aliphatic rings. The van der Waals surface area contributed by atoms with Gasteiger partial charge >= 0.3 is 0 Å². The normalized spacial score (nSPS) is 17.5. The van der Waals surface area contributed by atoms with Crippen LogP contribution in [0.15, 0.2) is 24.3 Å². The van der Waals surface area contributed by atoms with Crippen molar-refractivity contribution in [1.29, 1.82) is 0 Å². The maximum absolute atomic E-state index is 12.7. The lowest BCUT2D eigenvalue weighted by atomic mass is 9.74. The fraction of sp³-hybridized carbons (Fsp3) is 0.571. The molecule has 2 heterocycles. The van der Waals surface area contributed by atoms with Gasteiger partial charge in [-0.1, -0.05) is 36.8 Å². The predicted octanol–water partition coefficient (Wildman–Crippen LogP) is 2.70. The first-order valence-corrected chi connectivity index (χ1v) is 9.70. The number of nitrogens with zero attached hydrogens (tertiary/aromatic N) is 3. The lowest BCUT2D eigenvalue weighted by molar-refractivity contribution is -0.125. The molecule has 0 bridgehead atoms. The first-order chi connectivity index (χ1) is 12.9. The fourth-order valence-electron chi connectivity index (χ4n) is 3.74. The summed E-state index contributed by atoms with van der Waals surface area (Å²) in [6.07, 6.45) is 1.85. The summed E-state index contributed by atoms with van der Waals surface area (Å²) in [5, 5.41) is 7.56. The van der Waals surface area contributed by atoms with Gasteiger partial charge in [-0.2, -0.15) is 5.10 Å². The largest absolute Gasteiger partial charge is 0.381 e. The highest BCUT2D eigenvalue weighted by Crippen LogP contribution is 2.34. The Bertz CT molecular complexity index is 776. The molecule has 1 N–H and O–H groups in total. The van der Waals surface area contributed by atoms with E-state index >= 15 is 0 Å². The molecule has 1 amide bonds. The first-order valence-electron chi connectivity index (χ1n) is 9.70. The fourth-order valence-corrected chi connectivity index (χ4v) is 3.74. The van der Waals surface area contributed by atoms with Crippen LogP contribution in [0, 0.1) is 26.7 Å². The van der Waals surface area contributed by atoms with Crippen LogP contribution in [-0.2, 0) is 21.5 Å². The number of carbonyl (C=O) groups excluding carboxylic acids is 1. The Hall–Kier alpha value is -2.21. The number of amides is 1. The van der Waals surface area contributed by atoms with E-state index in [1.54, 1.807) is 0 Å². The molecular weight excluding hydrogens is 340 g/mol. The van der Waals surface area contributed by atoms with Gasteiger partial charge in [-0.15, -0.1) is 0 Å². The van der Waals surface area contributed by atoms with Gasteiger partial charge in [-0.05, 0) is 39.2 Å². The molecule has 1 fully saturated rings. The zero-order valence-corrected chi connectivity index (χ0v) is 16.8. The average molecular weight is 370 g/mol. The van der Waals surface area contributed by atoms with Crippen molar-refractivity contribution >= 4 is 5.91 Å². The van der Waals surface area contributed by atoms with Gasteiger partial charge in [-0.3, -0.25) is 4.79 Å². The van der Waals surface area contributed by atoms with Crippen molar-refractivity contribution in [2.75, 3.05) is 19.8 Å². The topological polar surface area (TPSA) is 69.0 Å². The Morgan fingerprint density at radius 3 is 2.48 bits per heavy atom. The molecule has 6 nitrogen and oxygen atoms in total. The molecule has 0 saturated carbocycles. The lowest BCUT2D eigenvalue weighted by Crippen LogP contribution is -2.46. The van der Waals surface area contributed by atoms with E-state index < -0.39 is 0 Å². The van der Waals surface area contributed by atoms with Gasteiger partial charge < -0.3 is 10.1 Å². The Labute approximate surface area is 161 Å². The molecule has 27 heavy (non-hydrogen) atoms. The van der Waals surface area contributed by atoms with Crippen molar-refractivity contribution in [2.24, 2.45) is 5.92 Å². The summed E-state index contributed by atoms with van der Waals surface area (Å²) in [6, 6.07) is 8.68.